The third-order valence-electron chi connectivity index (χ3n) is 7.31. The van der Waals surface area contributed by atoms with Crippen LogP contribution < -0.4 is 10.9 Å². The van der Waals surface area contributed by atoms with E-state index >= 15 is 0 Å². The Bertz CT molecular complexity index is 1440. The van der Waals surface area contributed by atoms with Crippen LogP contribution in [0.15, 0.2) is 70.6 Å². The van der Waals surface area contributed by atoms with E-state index in [9.17, 15) is 9.59 Å². The largest absolute Gasteiger partial charge is 0.357 e. The summed E-state index contributed by atoms with van der Waals surface area (Å²) >= 11 is 1.72. The van der Waals surface area contributed by atoms with E-state index in [0.717, 1.165) is 27.7 Å². The maximum atomic E-state index is 13.7. The summed E-state index contributed by atoms with van der Waals surface area (Å²) in [5.74, 6) is 0.0633. The van der Waals surface area contributed by atoms with Gasteiger partial charge in [0.05, 0.1) is 23.5 Å². The average molecular weight is 514 g/mol. The fraction of sp³-hybridized carbons (Fsp3) is 0.345. The van der Waals surface area contributed by atoms with Gasteiger partial charge in [-0.05, 0) is 42.5 Å². The van der Waals surface area contributed by atoms with E-state index in [1.165, 1.54) is 24.6 Å². The lowest BCUT2D eigenvalue weighted by Crippen LogP contribution is -2.42. The molecule has 8 heteroatoms. The van der Waals surface area contributed by atoms with Crippen LogP contribution in [0.1, 0.15) is 42.6 Å². The Labute approximate surface area is 220 Å². The minimum absolute atomic E-state index is 0.0486. The smallest absolute Gasteiger partial charge is 0.264 e. The SMILES string of the molecule is O=C(CCNCc1cc2ccccc2[nH]1)N1CCc2nc(SC3CCC3)n(-c3ccccc3)c(=O)c2C1. The second-order valence-corrected chi connectivity index (χ2v) is 11.1. The number of nitrogens with zero attached hydrogens (tertiary/aromatic N) is 3. The van der Waals surface area contributed by atoms with E-state index < -0.39 is 0 Å². The highest BCUT2D eigenvalue weighted by molar-refractivity contribution is 7.99. The van der Waals surface area contributed by atoms with Gasteiger partial charge in [-0.15, -0.1) is 0 Å². The zero-order valence-corrected chi connectivity index (χ0v) is 21.6. The molecule has 2 aromatic carbocycles. The maximum absolute atomic E-state index is 13.7. The standard InChI is InChI=1S/C29H31N5O2S/c35-27(13-15-30-18-21-17-20-7-4-5-12-25(20)31-21)33-16-14-26-24(19-33)28(36)34(22-8-2-1-3-9-22)29(32-26)37-23-10-6-11-23/h1-5,7-9,12,17,23,30-31H,6,10-11,13-16,18-19H2. The lowest BCUT2D eigenvalue weighted by molar-refractivity contribution is -0.132. The van der Waals surface area contributed by atoms with E-state index in [4.69, 9.17) is 4.98 Å². The summed E-state index contributed by atoms with van der Waals surface area (Å²) in [5.41, 5.74) is 4.49. The van der Waals surface area contributed by atoms with Crippen LogP contribution in [0.2, 0.25) is 0 Å². The van der Waals surface area contributed by atoms with Crippen molar-refractivity contribution >= 4 is 28.6 Å². The second-order valence-electron chi connectivity index (χ2n) is 9.84. The number of H-pyrrole nitrogens is 1. The first kappa shape index (κ1) is 24.0. The van der Waals surface area contributed by atoms with Crippen molar-refractivity contribution in [1.82, 2.24) is 24.8 Å². The number of amides is 1. The van der Waals surface area contributed by atoms with Gasteiger partial charge in [-0.2, -0.15) is 0 Å². The summed E-state index contributed by atoms with van der Waals surface area (Å²) in [4.78, 5) is 36.9. The molecule has 0 saturated heterocycles. The van der Waals surface area contributed by atoms with Gasteiger partial charge in [0.15, 0.2) is 5.16 Å². The maximum Gasteiger partial charge on any atom is 0.264 e. The molecule has 0 atom stereocenters. The van der Waals surface area contributed by atoms with Crippen molar-refractivity contribution in [2.24, 2.45) is 0 Å². The molecular weight excluding hydrogens is 482 g/mol. The van der Waals surface area contributed by atoms with Gasteiger partial charge in [0.25, 0.3) is 5.56 Å². The Hall–Kier alpha value is -3.36. The number of carbonyl (C=O) groups is 1. The van der Waals surface area contributed by atoms with Crippen LogP contribution in [0.4, 0.5) is 0 Å². The van der Waals surface area contributed by atoms with E-state index in [-0.39, 0.29) is 11.5 Å². The quantitative estimate of drug-likeness (QED) is 0.269. The molecule has 190 valence electrons. The molecule has 2 aromatic heterocycles. The number of thioether (sulfide) groups is 1. The molecule has 4 aromatic rings. The van der Waals surface area contributed by atoms with Crippen LogP contribution in [-0.4, -0.2) is 43.7 Å². The van der Waals surface area contributed by atoms with Crippen LogP contribution >= 0.6 is 11.8 Å². The highest BCUT2D eigenvalue weighted by atomic mass is 32.2. The van der Waals surface area contributed by atoms with Crippen LogP contribution in [0, 0.1) is 0 Å². The summed E-state index contributed by atoms with van der Waals surface area (Å²) in [6, 6.07) is 20.1. The number of fused-ring (bicyclic) bond motifs is 2. The van der Waals surface area contributed by atoms with E-state index in [1.54, 1.807) is 16.3 Å². The Balaban J connectivity index is 1.13. The molecule has 3 heterocycles. The van der Waals surface area contributed by atoms with Crippen molar-refractivity contribution in [3.05, 3.63) is 88.0 Å². The van der Waals surface area contributed by atoms with Crippen LogP contribution in [-0.2, 0) is 24.3 Å². The molecule has 7 nitrogen and oxygen atoms in total. The molecule has 0 bridgehead atoms. The molecule has 1 aliphatic carbocycles. The number of benzene rings is 2. The van der Waals surface area contributed by atoms with Crippen molar-refractivity contribution in [2.45, 2.75) is 55.6 Å². The molecule has 2 N–H and O–H groups in total. The molecule has 1 amide bonds. The number of para-hydroxylation sites is 2. The monoisotopic (exact) mass is 513 g/mol. The minimum atomic E-state index is -0.0486. The fourth-order valence-corrected chi connectivity index (χ4v) is 6.32. The van der Waals surface area contributed by atoms with Gasteiger partial charge in [-0.3, -0.25) is 14.2 Å². The Morgan fingerprint density at radius 1 is 1.11 bits per heavy atom. The molecule has 6 rings (SSSR count). The van der Waals surface area contributed by atoms with Crippen molar-refractivity contribution in [3.63, 3.8) is 0 Å². The lowest BCUT2D eigenvalue weighted by Gasteiger charge is -2.30. The highest BCUT2D eigenvalue weighted by Crippen LogP contribution is 2.36. The lowest BCUT2D eigenvalue weighted by atomic mass is 10.0. The third kappa shape index (κ3) is 5.08. The molecule has 37 heavy (non-hydrogen) atoms. The Kier molecular flexibility index (Phi) is 6.85. The summed E-state index contributed by atoms with van der Waals surface area (Å²) in [5, 5.41) is 5.86. The van der Waals surface area contributed by atoms with E-state index in [2.05, 4.69) is 28.5 Å². The second kappa shape index (κ2) is 10.6. The molecule has 0 radical (unpaired) electrons. The van der Waals surface area contributed by atoms with Gasteiger partial charge >= 0.3 is 0 Å². The topological polar surface area (TPSA) is 83.0 Å². The van der Waals surface area contributed by atoms with Gasteiger partial charge in [0.2, 0.25) is 5.91 Å². The van der Waals surface area contributed by atoms with E-state index in [1.807, 2.05) is 47.4 Å². The van der Waals surface area contributed by atoms with Gasteiger partial charge in [0, 0.05) is 48.9 Å². The van der Waals surface area contributed by atoms with E-state index in [0.29, 0.717) is 49.8 Å². The first-order valence-electron chi connectivity index (χ1n) is 13.1. The number of hydrogen-bond donors (Lipinski definition) is 2. The number of aromatic nitrogens is 3. The first-order chi connectivity index (χ1) is 18.2. The number of hydrogen-bond acceptors (Lipinski definition) is 5. The molecule has 1 fully saturated rings. The summed E-state index contributed by atoms with van der Waals surface area (Å²) < 4.78 is 1.75. The summed E-state index contributed by atoms with van der Waals surface area (Å²) in [6.07, 6.45) is 4.59. The number of aromatic amines is 1. The number of rotatable bonds is 8. The predicted octanol–water partition coefficient (Wildman–Crippen LogP) is 4.42. The minimum Gasteiger partial charge on any atom is -0.357 e. The van der Waals surface area contributed by atoms with Gasteiger partial charge in [-0.25, -0.2) is 4.98 Å². The number of nitrogens with one attached hydrogen (secondary N) is 2. The van der Waals surface area contributed by atoms with Crippen LogP contribution in [0.3, 0.4) is 0 Å². The van der Waals surface area contributed by atoms with Crippen LogP contribution in [0.5, 0.6) is 0 Å². The first-order valence-corrected chi connectivity index (χ1v) is 14.0. The Morgan fingerprint density at radius 2 is 1.92 bits per heavy atom. The molecule has 2 aliphatic rings. The van der Waals surface area contributed by atoms with Crippen molar-refractivity contribution in [2.75, 3.05) is 13.1 Å². The number of carbonyl (C=O) groups excluding carboxylic acids is 1. The summed E-state index contributed by atoms with van der Waals surface area (Å²) in [6.45, 7) is 2.19. The zero-order chi connectivity index (χ0) is 25.2. The Morgan fingerprint density at radius 3 is 2.70 bits per heavy atom. The molecule has 0 spiro atoms. The molecule has 1 aliphatic heterocycles. The normalized spacial score (nSPS) is 15.5. The van der Waals surface area contributed by atoms with Gasteiger partial charge in [-0.1, -0.05) is 54.6 Å². The predicted molar refractivity (Wildman–Crippen MR) is 147 cm³/mol. The van der Waals surface area contributed by atoms with Crippen molar-refractivity contribution in [3.8, 4) is 5.69 Å². The zero-order valence-electron chi connectivity index (χ0n) is 20.8. The average Bonchev–Trinajstić information content (AvgIpc) is 3.32. The van der Waals surface area contributed by atoms with Crippen molar-refractivity contribution in [1.29, 1.82) is 0 Å². The highest BCUT2D eigenvalue weighted by Gasteiger charge is 2.28. The van der Waals surface area contributed by atoms with Crippen LogP contribution in [0.25, 0.3) is 16.6 Å². The van der Waals surface area contributed by atoms with Gasteiger partial charge < -0.3 is 15.2 Å². The molecular formula is C29H31N5O2S. The third-order valence-corrected chi connectivity index (χ3v) is 8.60. The van der Waals surface area contributed by atoms with Gasteiger partial charge in [0.1, 0.15) is 0 Å². The molecule has 0 unspecified atom stereocenters. The van der Waals surface area contributed by atoms with Crippen molar-refractivity contribution < 1.29 is 4.79 Å². The molecule has 1 saturated carbocycles. The summed E-state index contributed by atoms with van der Waals surface area (Å²) in [7, 11) is 0. The fourth-order valence-electron chi connectivity index (χ4n) is 4.99.